The van der Waals surface area contributed by atoms with Crippen molar-refractivity contribution in [3.63, 3.8) is 0 Å². The van der Waals surface area contributed by atoms with Crippen LogP contribution < -0.4 is 11.1 Å². The van der Waals surface area contributed by atoms with E-state index in [0.29, 0.717) is 17.9 Å². The van der Waals surface area contributed by atoms with Gasteiger partial charge in [-0.1, -0.05) is 6.42 Å². The Bertz CT molecular complexity index is 842. The van der Waals surface area contributed by atoms with Crippen LogP contribution >= 0.6 is 0 Å². The second-order valence-corrected chi connectivity index (χ2v) is 8.95. The molecular weight excluding hydrogens is 348 g/mol. The molecule has 148 valence electrons. The van der Waals surface area contributed by atoms with Crippen LogP contribution in [0.2, 0.25) is 0 Å². The fourth-order valence-electron chi connectivity index (χ4n) is 5.62. The molecule has 5 heteroatoms. The van der Waals surface area contributed by atoms with E-state index in [1.165, 1.54) is 37.8 Å². The molecule has 5 nitrogen and oxygen atoms in total. The van der Waals surface area contributed by atoms with Crippen LogP contribution in [0.1, 0.15) is 50.6 Å². The Morgan fingerprint density at radius 2 is 1.82 bits per heavy atom. The highest BCUT2D eigenvalue weighted by molar-refractivity contribution is 5.92. The second-order valence-electron chi connectivity index (χ2n) is 8.95. The monoisotopic (exact) mass is 378 g/mol. The highest BCUT2D eigenvalue weighted by atomic mass is 16.1. The van der Waals surface area contributed by atoms with Gasteiger partial charge >= 0.3 is 0 Å². The van der Waals surface area contributed by atoms with Gasteiger partial charge in [0, 0.05) is 41.6 Å². The first-order valence-corrected chi connectivity index (χ1v) is 10.9. The van der Waals surface area contributed by atoms with E-state index in [0.717, 1.165) is 42.9 Å². The standard InChI is InChI=1S/C23H30N4O/c24-21-16-4-3-5-17(21)13-18(12-16)23(28)26-19-9-7-15(8-10-19)22-25-14-20-6-1-2-11-27(20)22/h7-10,14,16-18,21H,1-6,11-13,24H2,(H,26,28). The summed E-state index contributed by atoms with van der Waals surface area (Å²) in [4.78, 5) is 17.5. The molecule has 2 aromatic rings. The van der Waals surface area contributed by atoms with Crippen LogP contribution in [0.25, 0.3) is 11.4 Å². The number of nitrogens with two attached hydrogens (primary N) is 1. The van der Waals surface area contributed by atoms with Crippen molar-refractivity contribution >= 4 is 11.6 Å². The summed E-state index contributed by atoms with van der Waals surface area (Å²) < 4.78 is 2.33. The van der Waals surface area contributed by atoms with Crippen LogP contribution in [-0.2, 0) is 17.8 Å². The van der Waals surface area contributed by atoms with Gasteiger partial charge in [-0.05, 0) is 81.0 Å². The van der Waals surface area contributed by atoms with Crippen LogP contribution in [0.15, 0.2) is 30.5 Å². The summed E-state index contributed by atoms with van der Waals surface area (Å²) in [6, 6.07) is 8.47. The number of rotatable bonds is 3. The SMILES string of the molecule is NC1C2CCCC1CC(C(=O)Nc1ccc(-c3ncc4n3CCCC4)cc1)C2. The van der Waals surface area contributed by atoms with E-state index in [4.69, 9.17) is 5.73 Å². The maximum atomic E-state index is 12.8. The van der Waals surface area contributed by atoms with Crippen LogP contribution in [-0.4, -0.2) is 21.5 Å². The number of nitrogens with one attached hydrogen (secondary N) is 1. The van der Waals surface area contributed by atoms with Gasteiger partial charge in [0.25, 0.3) is 0 Å². The molecule has 28 heavy (non-hydrogen) atoms. The molecule has 5 rings (SSSR count). The molecule has 2 unspecified atom stereocenters. The van der Waals surface area contributed by atoms with Gasteiger partial charge in [0.15, 0.2) is 0 Å². The first-order valence-electron chi connectivity index (χ1n) is 10.9. The van der Waals surface area contributed by atoms with Gasteiger partial charge in [-0.15, -0.1) is 0 Å². The third kappa shape index (κ3) is 3.26. The number of hydrogen-bond donors (Lipinski definition) is 2. The third-order valence-corrected chi connectivity index (χ3v) is 7.20. The van der Waals surface area contributed by atoms with Crippen molar-refractivity contribution in [2.75, 3.05) is 5.32 Å². The molecule has 0 saturated heterocycles. The van der Waals surface area contributed by atoms with Crippen molar-refractivity contribution in [1.82, 2.24) is 9.55 Å². The molecule has 3 N–H and O–H groups in total. The van der Waals surface area contributed by atoms with Gasteiger partial charge in [-0.2, -0.15) is 0 Å². The van der Waals surface area contributed by atoms with Gasteiger partial charge in [0.05, 0.1) is 0 Å². The highest BCUT2D eigenvalue weighted by Crippen LogP contribution is 2.42. The van der Waals surface area contributed by atoms with Crippen molar-refractivity contribution in [2.45, 2.75) is 64.0 Å². The summed E-state index contributed by atoms with van der Waals surface area (Å²) in [5, 5.41) is 3.14. The zero-order chi connectivity index (χ0) is 19.1. The van der Waals surface area contributed by atoms with Crippen molar-refractivity contribution in [3.8, 4) is 11.4 Å². The summed E-state index contributed by atoms with van der Waals surface area (Å²) in [5.74, 6) is 2.36. The minimum Gasteiger partial charge on any atom is -0.328 e. The summed E-state index contributed by atoms with van der Waals surface area (Å²) in [7, 11) is 0. The smallest absolute Gasteiger partial charge is 0.227 e. The van der Waals surface area contributed by atoms with E-state index in [-0.39, 0.29) is 11.8 Å². The van der Waals surface area contributed by atoms with Crippen molar-refractivity contribution < 1.29 is 4.79 Å². The minimum atomic E-state index is 0.106. The summed E-state index contributed by atoms with van der Waals surface area (Å²) in [6.45, 7) is 1.05. The Morgan fingerprint density at radius 1 is 1.07 bits per heavy atom. The second kappa shape index (κ2) is 7.36. The fourth-order valence-corrected chi connectivity index (χ4v) is 5.62. The lowest BCUT2D eigenvalue weighted by Gasteiger charge is -2.43. The molecule has 0 spiro atoms. The zero-order valence-electron chi connectivity index (χ0n) is 16.4. The number of benzene rings is 1. The largest absolute Gasteiger partial charge is 0.328 e. The number of aryl methyl sites for hydroxylation is 1. The molecule has 1 aromatic heterocycles. The van der Waals surface area contributed by atoms with Gasteiger partial charge in [-0.25, -0.2) is 4.98 Å². The molecule has 2 bridgehead atoms. The maximum Gasteiger partial charge on any atom is 0.227 e. The quantitative estimate of drug-likeness (QED) is 0.848. The number of aromatic nitrogens is 2. The lowest BCUT2D eigenvalue weighted by molar-refractivity contribution is -0.122. The van der Waals surface area contributed by atoms with Crippen molar-refractivity contribution in [3.05, 3.63) is 36.2 Å². The summed E-state index contributed by atoms with van der Waals surface area (Å²) in [6.07, 6.45) is 11.1. The van der Waals surface area contributed by atoms with E-state index < -0.39 is 0 Å². The predicted octanol–water partition coefficient (Wildman–Crippen LogP) is 3.98. The van der Waals surface area contributed by atoms with E-state index in [1.54, 1.807) is 0 Å². The number of nitrogens with zero attached hydrogens (tertiary/aromatic N) is 2. The van der Waals surface area contributed by atoms with Gasteiger partial charge in [-0.3, -0.25) is 4.79 Å². The first kappa shape index (κ1) is 17.9. The third-order valence-electron chi connectivity index (χ3n) is 7.20. The molecule has 0 radical (unpaired) electrons. The highest BCUT2D eigenvalue weighted by Gasteiger charge is 2.40. The van der Waals surface area contributed by atoms with Crippen LogP contribution in [0.5, 0.6) is 0 Å². The molecule has 2 saturated carbocycles. The number of fused-ring (bicyclic) bond motifs is 3. The Labute approximate surface area is 166 Å². The number of imidazole rings is 1. The van der Waals surface area contributed by atoms with Crippen molar-refractivity contribution in [2.24, 2.45) is 23.5 Å². The average Bonchev–Trinajstić information content (AvgIpc) is 3.12. The zero-order valence-corrected chi connectivity index (χ0v) is 16.4. The summed E-state index contributed by atoms with van der Waals surface area (Å²) >= 11 is 0. The molecule has 2 fully saturated rings. The Morgan fingerprint density at radius 3 is 2.57 bits per heavy atom. The molecule has 1 aliphatic heterocycles. The Kier molecular flexibility index (Phi) is 4.71. The molecule has 3 aliphatic rings. The Balaban J connectivity index is 1.26. The minimum absolute atomic E-state index is 0.106. The molecule has 2 heterocycles. The number of carbonyl (C=O) groups is 1. The van der Waals surface area contributed by atoms with Crippen LogP contribution in [0, 0.1) is 17.8 Å². The topological polar surface area (TPSA) is 72.9 Å². The van der Waals surface area contributed by atoms with Crippen LogP contribution in [0.4, 0.5) is 5.69 Å². The molecule has 1 amide bonds. The van der Waals surface area contributed by atoms with Crippen molar-refractivity contribution in [1.29, 1.82) is 0 Å². The van der Waals surface area contributed by atoms with E-state index in [9.17, 15) is 4.79 Å². The lowest BCUT2D eigenvalue weighted by Crippen LogP contribution is -2.48. The molecule has 1 aromatic carbocycles. The first-order chi connectivity index (χ1) is 13.7. The molecule has 2 atom stereocenters. The number of amides is 1. The van der Waals surface area contributed by atoms with E-state index in [2.05, 4.69) is 27.0 Å². The van der Waals surface area contributed by atoms with Gasteiger partial charge in [0.2, 0.25) is 5.91 Å². The average molecular weight is 379 g/mol. The van der Waals surface area contributed by atoms with E-state index in [1.807, 2.05) is 18.3 Å². The Hall–Kier alpha value is -2.14. The number of carbonyl (C=O) groups excluding carboxylic acids is 1. The molecular formula is C23H30N4O. The van der Waals surface area contributed by atoms with Gasteiger partial charge < -0.3 is 15.6 Å². The molecule has 2 aliphatic carbocycles. The number of hydrogen-bond acceptors (Lipinski definition) is 3. The normalized spacial score (nSPS) is 29.2. The van der Waals surface area contributed by atoms with E-state index >= 15 is 0 Å². The fraction of sp³-hybridized carbons (Fsp3) is 0.565. The summed E-state index contributed by atoms with van der Waals surface area (Å²) in [5.41, 5.74) is 9.69. The lowest BCUT2D eigenvalue weighted by atomic mass is 9.65. The van der Waals surface area contributed by atoms with Gasteiger partial charge in [0.1, 0.15) is 5.82 Å². The maximum absolute atomic E-state index is 12.8. The number of anilines is 1. The predicted molar refractivity (Wildman–Crippen MR) is 111 cm³/mol. The van der Waals surface area contributed by atoms with Crippen LogP contribution in [0.3, 0.4) is 0 Å².